The molecular weight excluding hydrogens is 338 g/mol. The van der Waals surface area contributed by atoms with Crippen molar-refractivity contribution in [1.82, 2.24) is 25.6 Å². The van der Waals surface area contributed by atoms with E-state index in [1.165, 1.54) is 19.3 Å². The molecule has 4 unspecified atom stereocenters. The normalized spacial score (nSPS) is 31.7. The molecule has 3 heterocycles. The minimum absolute atomic E-state index is 0.0358. The van der Waals surface area contributed by atoms with Crippen LogP contribution in [0.1, 0.15) is 43.8 Å². The highest BCUT2D eigenvalue weighted by molar-refractivity contribution is 5.74. The van der Waals surface area contributed by atoms with Gasteiger partial charge in [0.15, 0.2) is 0 Å². The molecule has 0 bridgehead atoms. The van der Waals surface area contributed by atoms with Crippen LogP contribution in [0.4, 0.5) is 4.79 Å². The van der Waals surface area contributed by atoms with Crippen molar-refractivity contribution in [1.29, 1.82) is 0 Å². The lowest BCUT2D eigenvalue weighted by Gasteiger charge is -2.24. The van der Waals surface area contributed by atoms with Gasteiger partial charge >= 0.3 is 6.03 Å². The molecule has 26 heavy (non-hydrogen) atoms. The Bertz CT molecular complexity index is 618. The first kappa shape index (κ1) is 17.7. The number of urea groups is 1. The number of carbonyl (C=O) groups excluding carboxylic acids is 1. The van der Waals surface area contributed by atoms with Crippen LogP contribution in [0.2, 0.25) is 0 Å². The van der Waals surface area contributed by atoms with E-state index >= 15 is 0 Å². The number of fused-ring (bicyclic) bond motifs is 1. The van der Waals surface area contributed by atoms with Crippen LogP contribution in [0.3, 0.4) is 0 Å². The van der Waals surface area contributed by atoms with Crippen LogP contribution in [0.5, 0.6) is 0 Å². The van der Waals surface area contributed by atoms with E-state index in [2.05, 4.69) is 20.9 Å². The summed E-state index contributed by atoms with van der Waals surface area (Å²) < 4.78 is 18.7. The summed E-state index contributed by atoms with van der Waals surface area (Å²) in [6.07, 6.45) is 7.35. The fourth-order valence-electron chi connectivity index (χ4n) is 4.16. The smallest absolute Gasteiger partial charge is 0.315 e. The van der Waals surface area contributed by atoms with Crippen LogP contribution in [0.15, 0.2) is 6.20 Å². The molecule has 2 aliphatic heterocycles. The molecule has 1 aromatic heterocycles. The van der Waals surface area contributed by atoms with Gasteiger partial charge in [-0.15, -0.1) is 5.10 Å². The number of rotatable bonds is 5. The van der Waals surface area contributed by atoms with Gasteiger partial charge in [0, 0.05) is 13.2 Å². The Hall–Kier alpha value is -1.71. The lowest BCUT2D eigenvalue weighted by molar-refractivity contribution is 0.0622. The fraction of sp³-hybridized carbons (Fsp3) is 0.824. The number of aromatic nitrogens is 3. The quantitative estimate of drug-likeness (QED) is 0.799. The third-order valence-corrected chi connectivity index (χ3v) is 5.47. The Balaban J connectivity index is 1.32. The molecule has 1 aromatic rings. The summed E-state index contributed by atoms with van der Waals surface area (Å²) in [5.41, 5.74) is 0.774. The van der Waals surface area contributed by atoms with E-state index in [4.69, 9.17) is 14.2 Å². The molecule has 0 aromatic carbocycles. The average Bonchev–Trinajstić information content (AvgIpc) is 3.34. The number of nitrogens with one attached hydrogen (secondary N) is 2. The zero-order valence-electron chi connectivity index (χ0n) is 15.1. The van der Waals surface area contributed by atoms with E-state index in [1.54, 1.807) is 11.8 Å². The van der Waals surface area contributed by atoms with Crippen molar-refractivity contribution in [2.45, 2.75) is 69.0 Å². The van der Waals surface area contributed by atoms with Gasteiger partial charge in [0.1, 0.15) is 23.9 Å². The minimum Gasteiger partial charge on any atom is -0.378 e. The topological polar surface area (TPSA) is 99.5 Å². The number of nitrogens with zero attached hydrogens (tertiary/aromatic N) is 3. The Labute approximate surface area is 152 Å². The molecule has 3 fully saturated rings. The Morgan fingerprint density at radius 3 is 2.85 bits per heavy atom. The van der Waals surface area contributed by atoms with Crippen LogP contribution in [0, 0.1) is 0 Å². The van der Waals surface area contributed by atoms with Gasteiger partial charge in [0.25, 0.3) is 0 Å². The molecule has 0 spiro atoms. The third-order valence-electron chi connectivity index (χ3n) is 5.47. The van der Waals surface area contributed by atoms with Gasteiger partial charge in [-0.1, -0.05) is 24.5 Å². The first-order chi connectivity index (χ1) is 12.7. The van der Waals surface area contributed by atoms with Crippen molar-refractivity contribution in [3.63, 3.8) is 0 Å². The summed E-state index contributed by atoms with van der Waals surface area (Å²) in [4.78, 5) is 12.3. The van der Waals surface area contributed by atoms with Crippen molar-refractivity contribution in [2.75, 3.05) is 20.3 Å². The van der Waals surface area contributed by atoms with Crippen molar-refractivity contribution < 1.29 is 19.0 Å². The van der Waals surface area contributed by atoms with Gasteiger partial charge in [0.2, 0.25) is 0 Å². The molecule has 9 nitrogen and oxygen atoms in total. The molecule has 2 N–H and O–H groups in total. The molecule has 4 rings (SSSR count). The highest BCUT2D eigenvalue weighted by Gasteiger charge is 2.49. The zero-order chi connectivity index (χ0) is 17.9. The maximum atomic E-state index is 12.3. The number of carbonyl (C=O) groups is 1. The average molecular weight is 365 g/mol. The fourth-order valence-corrected chi connectivity index (χ4v) is 4.16. The Morgan fingerprint density at radius 2 is 2.04 bits per heavy atom. The molecule has 144 valence electrons. The molecular formula is C17H27N5O4. The van der Waals surface area contributed by atoms with Gasteiger partial charge in [0.05, 0.1) is 32.1 Å². The number of ether oxygens (including phenoxy) is 3. The van der Waals surface area contributed by atoms with E-state index in [0.717, 1.165) is 18.5 Å². The predicted molar refractivity (Wildman–Crippen MR) is 91.6 cm³/mol. The molecule has 1 saturated carbocycles. The highest BCUT2D eigenvalue weighted by Crippen LogP contribution is 2.34. The second-order valence-electron chi connectivity index (χ2n) is 7.35. The largest absolute Gasteiger partial charge is 0.378 e. The molecule has 2 amide bonds. The van der Waals surface area contributed by atoms with Gasteiger partial charge in [-0.05, 0) is 12.8 Å². The summed E-state index contributed by atoms with van der Waals surface area (Å²) >= 11 is 0. The van der Waals surface area contributed by atoms with Gasteiger partial charge in [-0.3, -0.25) is 0 Å². The van der Waals surface area contributed by atoms with E-state index < -0.39 is 0 Å². The van der Waals surface area contributed by atoms with E-state index in [-0.39, 0.29) is 36.4 Å². The number of methoxy groups -OCH3 is 1. The van der Waals surface area contributed by atoms with Crippen molar-refractivity contribution in [3.8, 4) is 0 Å². The Morgan fingerprint density at radius 1 is 1.23 bits per heavy atom. The van der Waals surface area contributed by atoms with Crippen LogP contribution in [-0.4, -0.2) is 65.6 Å². The zero-order valence-corrected chi connectivity index (χ0v) is 15.1. The van der Waals surface area contributed by atoms with Crippen molar-refractivity contribution in [3.05, 3.63) is 11.9 Å². The first-order valence-corrected chi connectivity index (χ1v) is 9.44. The van der Waals surface area contributed by atoms with Gasteiger partial charge < -0.3 is 24.8 Å². The number of hydrogen-bond acceptors (Lipinski definition) is 6. The molecule has 2 saturated heterocycles. The molecule has 3 aliphatic rings. The lowest BCUT2D eigenvalue weighted by Crippen LogP contribution is -2.50. The van der Waals surface area contributed by atoms with Gasteiger partial charge in [-0.25, -0.2) is 9.48 Å². The Kier molecular flexibility index (Phi) is 5.37. The van der Waals surface area contributed by atoms with Crippen molar-refractivity contribution >= 4 is 6.03 Å². The third kappa shape index (κ3) is 3.70. The van der Waals surface area contributed by atoms with Crippen LogP contribution >= 0.6 is 0 Å². The highest BCUT2D eigenvalue weighted by atomic mass is 16.6. The number of amides is 2. The monoisotopic (exact) mass is 365 g/mol. The number of hydrogen-bond donors (Lipinski definition) is 2. The lowest BCUT2D eigenvalue weighted by atomic mass is 9.96. The molecule has 4 atom stereocenters. The second-order valence-corrected chi connectivity index (χ2v) is 7.35. The van der Waals surface area contributed by atoms with Crippen molar-refractivity contribution in [2.24, 2.45) is 0 Å². The van der Waals surface area contributed by atoms with Crippen LogP contribution in [0.25, 0.3) is 0 Å². The molecule has 9 heteroatoms. The van der Waals surface area contributed by atoms with Crippen LogP contribution < -0.4 is 10.6 Å². The summed E-state index contributed by atoms with van der Waals surface area (Å²) in [6, 6.07) is -0.0170. The van der Waals surface area contributed by atoms with Gasteiger partial charge in [-0.2, -0.15) is 0 Å². The summed E-state index contributed by atoms with van der Waals surface area (Å²) in [5.74, 6) is 0. The maximum Gasteiger partial charge on any atom is 0.315 e. The molecule has 0 radical (unpaired) electrons. The SMILES string of the molecule is COCc1cn(C2COC3C(NC(=O)NC4CCCCC4)COC32)nn1. The van der Waals surface area contributed by atoms with Crippen LogP contribution in [-0.2, 0) is 20.8 Å². The summed E-state index contributed by atoms with van der Waals surface area (Å²) in [5, 5.41) is 14.4. The second kappa shape index (κ2) is 7.89. The first-order valence-electron chi connectivity index (χ1n) is 9.44. The summed E-state index contributed by atoms with van der Waals surface area (Å²) in [6.45, 7) is 1.37. The summed E-state index contributed by atoms with van der Waals surface area (Å²) in [7, 11) is 1.63. The predicted octanol–water partition coefficient (Wildman–Crippen LogP) is 0.764. The molecule has 1 aliphatic carbocycles. The van der Waals surface area contributed by atoms with E-state index in [1.807, 2.05) is 6.20 Å². The maximum absolute atomic E-state index is 12.3. The minimum atomic E-state index is -0.160. The standard InChI is InChI=1S/C17H27N5O4/c1-24-8-12-7-22(21-20-12)14-10-26-15-13(9-25-16(14)15)19-17(23)18-11-5-3-2-4-6-11/h7,11,13-16H,2-6,8-10H2,1H3,(H2,18,19,23). The van der Waals surface area contributed by atoms with E-state index in [9.17, 15) is 4.79 Å². The van der Waals surface area contributed by atoms with E-state index in [0.29, 0.717) is 19.8 Å².